The van der Waals surface area contributed by atoms with E-state index in [1.807, 2.05) is 0 Å². The summed E-state index contributed by atoms with van der Waals surface area (Å²) in [5, 5.41) is 0. The molecule has 0 N–H and O–H groups in total. The molecule has 200 valence electrons. The summed E-state index contributed by atoms with van der Waals surface area (Å²) in [6.07, 6.45) is -0.433. The number of hydrogen-bond donors (Lipinski definition) is 0. The highest BCUT2D eigenvalue weighted by Gasteiger charge is 2.64. The Hall–Kier alpha value is -3.77. The molecule has 2 amide bonds. The van der Waals surface area contributed by atoms with Crippen molar-refractivity contribution < 1.29 is 28.2 Å². The Bertz CT molecular complexity index is 1500. The molecule has 2 fully saturated rings. The zero-order chi connectivity index (χ0) is 27.4. The van der Waals surface area contributed by atoms with Gasteiger partial charge in [-0.2, -0.15) is 0 Å². The molecule has 39 heavy (non-hydrogen) atoms. The van der Waals surface area contributed by atoms with Crippen molar-refractivity contribution in [1.82, 2.24) is 19.5 Å². The molecule has 0 spiro atoms. The number of nitrogens with zero attached hydrogens (tertiary/aromatic N) is 5. The van der Waals surface area contributed by atoms with Crippen LogP contribution in [0.5, 0.6) is 0 Å². The fourth-order valence-electron chi connectivity index (χ4n) is 4.88. The fraction of sp³-hybridized carbons (Fsp3) is 0.296. The normalized spacial score (nSPS) is 25.5. The molecule has 4 aromatic rings. The first-order valence-corrected chi connectivity index (χ1v) is 12.7. The maximum atomic E-state index is 15.7. The van der Waals surface area contributed by atoms with Gasteiger partial charge < -0.3 is 14.2 Å². The Morgan fingerprint density at radius 2 is 1.56 bits per heavy atom. The molecular formula is C27H23ClFN5O5. The van der Waals surface area contributed by atoms with Crippen LogP contribution in [0.2, 0.25) is 0 Å². The average molecular weight is 552 g/mol. The van der Waals surface area contributed by atoms with Crippen molar-refractivity contribution >= 4 is 40.4 Å². The Morgan fingerprint density at radius 1 is 0.949 bits per heavy atom. The van der Waals surface area contributed by atoms with Gasteiger partial charge in [-0.1, -0.05) is 36.4 Å². The van der Waals surface area contributed by atoms with Gasteiger partial charge in [0.1, 0.15) is 12.4 Å². The Morgan fingerprint density at radius 3 is 2.15 bits per heavy atom. The van der Waals surface area contributed by atoms with Crippen molar-refractivity contribution in [3.8, 4) is 0 Å². The largest absolute Gasteiger partial charge is 0.340 e. The minimum Gasteiger partial charge on any atom is -0.340 e. The van der Waals surface area contributed by atoms with Crippen LogP contribution >= 0.6 is 11.6 Å². The van der Waals surface area contributed by atoms with Crippen LogP contribution < -0.4 is 4.90 Å². The lowest BCUT2D eigenvalue weighted by molar-refractivity contribution is -0.247. The zero-order valence-corrected chi connectivity index (χ0v) is 21.7. The number of carbonyl (C=O) groups is 2. The quantitative estimate of drug-likeness (QED) is 0.267. The van der Waals surface area contributed by atoms with Crippen molar-refractivity contribution in [1.29, 1.82) is 0 Å². The van der Waals surface area contributed by atoms with E-state index in [9.17, 15) is 9.59 Å². The minimum atomic E-state index is -2.32. The number of imidazole rings is 1. The van der Waals surface area contributed by atoms with Gasteiger partial charge in [-0.25, -0.2) is 24.2 Å². The monoisotopic (exact) mass is 551 g/mol. The summed E-state index contributed by atoms with van der Waals surface area (Å²) in [7, 11) is 0. The van der Waals surface area contributed by atoms with Gasteiger partial charge in [0.05, 0.1) is 12.2 Å². The predicted octanol–water partition coefficient (Wildman–Crippen LogP) is 4.27. The number of benzene rings is 2. The van der Waals surface area contributed by atoms with Crippen molar-refractivity contribution in [3.63, 3.8) is 0 Å². The molecule has 12 heteroatoms. The first-order chi connectivity index (χ1) is 18.7. The SMILES string of the molecule is CC1(C)O[C@H]2[C@H](n3cnc4c(N(C(=O)c5ccccc5)C(=O)c5ccccc5)ncnc43)O[C@@](F)(CCl)[C@H]2O1. The molecule has 4 heterocycles. The zero-order valence-electron chi connectivity index (χ0n) is 20.9. The lowest BCUT2D eigenvalue weighted by Crippen LogP contribution is -2.40. The van der Waals surface area contributed by atoms with Crippen LogP contribution in [-0.4, -0.2) is 61.1 Å². The summed E-state index contributed by atoms with van der Waals surface area (Å²) in [6, 6.07) is 16.7. The number of rotatable bonds is 5. The van der Waals surface area contributed by atoms with Gasteiger partial charge in [0.2, 0.25) is 0 Å². The molecule has 4 atom stereocenters. The first kappa shape index (κ1) is 25.5. The van der Waals surface area contributed by atoms with E-state index in [-0.39, 0.29) is 28.1 Å². The fourth-order valence-corrected chi connectivity index (χ4v) is 5.10. The summed E-state index contributed by atoms with van der Waals surface area (Å²) in [6.45, 7) is 3.34. The number of carbonyl (C=O) groups excluding carboxylic acids is 2. The number of halogens is 2. The van der Waals surface area contributed by atoms with Crippen molar-refractivity contribution in [3.05, 3.63) is 84.4 Å². The molecular weight excluding hydrogens is 529 g/mol. The molecule has 0 bridgehead atoms. The lowest BCUT2D eigenvalue weighted by Gasteiger charge is -2.27. The summed E-state index contributed by atoms with van der Waals surface area (Å²) in [4.78, 5) is 41.4. The van der Waals surface area contributed by atoms with E-state index in [0.29, 0.717) is 0 Å². The second-order valence-electron chi connectivity index (χ2n) is 9.65. The number of fused-ring (bicyclic) bond motifs is 2. The second-order valence-corrected chi connectivity index (χ2v) is 9.92. The van der Waals surface area contributed by atoms with Gasteiger partial charge in [0.25, 0.3) is 17.7 Å². The van der Waals surface area contributed by atoms with E-state index in [4.69, 9.17) is 25.8 Å². The average Bonchev–Trinajstić information content (AvgIpc) is 3.60. The molecule has 10 nitrogen and oxygen atoms in total. The maximum absolute atomic E-state index is 15.7. The third-order valence-corrected chi connectivity index (χ3v) is 6.97. The molecule has 0 aliphatic carbocycles. The molecule has 0 radical (unpaired) electrons. The third-order valence-electron chi connectivity index (χ3n) is 6.61. The molecule has 2 aliphatic heterocycles. The topological polar surface area (TPSA) is 109 Å². The number of aromatic nitrogens is 4. The molecule has 0 unspecified atom stereocenters. The molecule has 2 aliphatic rings. The highest BCUT2D eigenvalue weighted by Crippen LogP contribution is 2.49. The van der Waals surface area contributed by atoms with E-state index >= 15 is 4.39 Å². The van der Waals surface area contributed by atoms with Crippen molar-refractivity contribution in [2.24, 2.45) is 0 Å². The van der Waals surface area contributed by atoms with Gasteiger partial charge >= 0.3 is 0 Å². The van der Waals surface area contributed by atoms with Crippen LogP contribution in [0.1, 0.15) is 40.8 Å². The van der Waals surface area contributed by atoms with Gasteiger partial charge in [0, 0.05) is 11.1 Å². The van der Waals surface area contributed by atoms with Crippen molar-refractivity contribution in [2.75, 3.05) is 10.8 Å². The van der Waals surface area contributed by atoms with Crippen LogP contribution in [0.3, 0.4) is 0 Å². The maximum Gasteiger partial charge on any atom is 0.266 e. The molecule has 2 saturated heterocycles. The number of anilines is 1. The van der Waals surface area contributed by atoms with E-state index in [0.717, 1.165) is 4.90 Å². The summed E-state index contributed by atoms with van der Waals surface area (Å²) < 4.78 is 34.6. The van der Waals surface area contributed by atoms with E-state index in [2.05, 4.69) is 15.0 Å². The Balaban J connectivity index is 1.46. The number of alkyl halides is 2. The lowest BCUT2D eigenvalue weighted by atomic mass is 10.1. The van der Waals surface area contributed by atoms with E-state index in [1.165, 1.54) is 17.2 Å². The molecule has 6 rings (SSSR count). The third kappa shape index (κ3) is 4.27. The number of imide groups is 1. The van der Waals surface area contributed by atoms with Crippen LogP contribution in [0.25, 0.3) is 11.2 Å². The van der Waals surface area contributed by atoms with Crippen LogP contribution in [0.4, 0.5) is 10.2 Å². The van der Waals surface area contributed by atoms with Crippen LogP contribution in [0.15, 0.2) is 73.3 Å². The van der Waals surface area contributed by atoms with Gasteiger partial charge in [-0.15, -0.1) is 11.6 Å². The van der Waals surface area contributed by atoms with Gasteiger partial charge in [-0.3, -0.25) is 14.2 Å². The van der Waals surface area contributed by atoms with Crippen LogP contribution in [0, 0.1) is 0 Å². The molecule has 2 aromatic heterocycles. The highest BCUT2D eigenvalue weighted by molar-refractivity contribution is 6.27. The Labute approximate surface area is 227 Å². The van der Waals surface area contributed by atoms with Crippen LogP contribution in [-0.2, 0) is 14.2 Å². The number of ether oxygens (including phenoxy) is 3. The first-order valence-electron chi connectivity index (χ1n) is 12.2. The standard InChI is InChI=1S/C27H23ClFN5O5/c1-26(2)37-19-20(38-26)27(29,13-28)39-25(19)33-15-32-18-21(33)30-14-31-22(18)34(23(35)16-9-5-3-6-10-16)24(36)17-11-7-4-8-12-17/h3-12,14-15,19-20,25H,13H2,1-2H3/t19-,20+,25-,27+/m1/s1. The number of hydrogen-bond acceptors (Lipinski definition) is 8. The minimum absolute atomic E-state index is 0.0382. The summed E-state index contributed by atoms with van der Waals surface area (Å²) in [5.41, 5.74) is 0.880. The summed E-state index contributed by atoms with van der Waals surface area (Å²) >= 11 is 5.94. The summed E-state index contributed by atoms with van der Waals surface area (Å²) in [5.74, 6) is -5.12. The Kier molecular flexibility index (Phi) is 6.18. The predicted molar refractivity (Wildman–Crippen MR) is 138 cm³/mol. The second kappa shape index (κ2) is 9.45. The molecule has 2 aromatic carbocycles. The van der Waals surface area contributed by atoms with Gasteiger partial charge in [-0.05, 0) is 38.1 Å². The smallest absolute Gasteiger partial charge is 0.266 e. The molecule has 0 saturated carbocycles. The van der Waals surface area contributed by atoms with E-state index < -0.39 is 47.8 Å². The highest BCUT2D eigenvalue weighted by atomic mass is 35.5. The number of amides is 2. The van der Waals surface area contributed by atoms with E-state index in [1.54, 1.807) is 74.5 Å². The van der Waals surface area contributed by atoms with Crippen molar-refractivity contribution in [2.45, 2.75) is 43.9 Å². The van der Waals surface area contributed by atoms with Gasteiger partial charge in [0.15, 0.2) is 35.1 Å².